The molecule has 2 fully saturated rings. The molecule has 0 radical (unpaired) electrons. The van der Waals surface area contributed by atoms with Gasteiger partial charge in [0.1, 0.15) is 0 Å². The Balaban J connectivity index is 1.50. The first-order chi connectivity index (χ1) is 21.2. The van der Waals surface area contributed by atoms with Crippen LogP contribution in [0.5, 0.6) is 0 Å². The van der Waals surface area contributed by atoms with E-state index in [0.29, 0.717) is 41.3 Å². The number of amides is 1. The van der Waals surface area contributed by atoms with Crippen molar-refractivity contribution in [3.63, 3.8) is 0 Å². The average Bonchev–Trinajstić information content (AvgIpc) is 3.80. The van der Waals surface area contributed by atoms with Crippen LogP contribution in [0.1, 0.15) is 47.2 Å². The lowest BCUT2D eigenvalue weighted by molar-refractivity contribution is 0.0929. The highest BCUT2D eigenvalue weighted by atomic mass is 79.9. The standard InChI is InChI=1S/C34H37BrN4O4S/c1-44(42,43)27-10-11-30-28(21-27)31(33(41)38-34(14-15-34)24-7-3-2-4-8-24)29(32(37-30)23-6-5-9-25(35)20-23)22-39-17-12-26(13-18-39)36-16-19-40/h2-11,20-21,26,36,40H,12-19,22H2,1H3,(H,38,41). The van der Waals surface area contributed by atoms with Crippen molar-refractivity contribution in [2.75, 3.05) is 32.5 Å². The number of nitrogens with zero attached hydrogens (tertiary/aromatic N) is 2. The van der Waals surface area contributed by atoms with Crippen molar-refractivity contribution in [2.24, 2.45) is 0 Å². The van der Waals surface area contributed by atoms with Crippen molar-refractivity contribution in [3.05, 3.63) is 94.0 Å². The fourth-order valence-corrected chi connectivity index (χ4v) is 7.28. The molecule has 44 heavy (non-hydrogen) atoms. The van der Waals surface area contributed by atoms with E-state index in [1.165, 1.54) is 6.26 Å². The fourth-order valence-electron chi connectivity index (χ4n) is 6.24. The van der Waals surface area contributed by atoms with Gasteiger partial charge in [0.25, 0.3) is 5.91 Å². The average molecular weight is 678 g/mol. The first-order valence-corrected chi connectivity index (χ1v) is 17.7. The monoisotopic (exact) mass is 676 g/mol. The summed E-state index contributed by atoms with van der Waals surface area (Å²) in [5.74, 6) is -0.227. The van der Waals surface area contributed by atoms with Gasteiger partial charge in [-0.1, -0.05) is 58.4 Å². The number of pyridine rings is 1. The third-order valence-corrected chi connectivity index (χ3v) is 10.4. The van der Waals surface area contributed by atoms with Gasteiger partial charge in [0.2, 0.25) is 0 Å². The Hall–Kier alpha value is -3.15. The largest absolute Gasteiger partial charge is 0.395 e. The van der Waals surface area contributed by atoms with E-state index in [-0.39, 0.29) is 17.4 Å². The molecular formula is C34H37BrN4O4S. The molecule has 1 amide bonds. The quantitative estimate of drug-likeness (QED) is 0.216. The van der Waals surface area contributed by atoms with E-state index >= 15 is 0 Å². The number of piperidine rings is 1. The normalized spacial score (nSPS) is 17.1. The van der Waals surface area contributed by atoms with Crippen LogP contribution in [0, 0.1) is 0 Å². The van der Waals surface area contributed by atoms with Crippen molar-refractivity contribution < 1.29 is 18.3 Å². The SMILES string of the molecule is CS(=O)(=O)c1ccc2nc(-c3cccc(Br)c3)c(CN3CCC(NCCO)CC3)c(C(=O)NC3(c4ccccc4)CC3)c2c1. The zero-order chi connectivity index (χ0) is 30.9. The topological polar surface area (TPSA) is 112 Å². The Morgan fingerprint density at radius 1 is 1.05 bits per heavy atom. The molecule has 3 aromatic carbocycles. The number of aromatic nitrogens is 1. The number of fused-ring (bicyclic) bond motifs is 1. The molecule has 2 heterocycles. The van der Waals surface area contributed by atoms with Gasteiger partial charge in [0.15, 0.2) is 9.84 Å². The molecule has 10 heteroatoms. The summed E-state index contributed by atoms with van der Waals surface area (Å²) in [4.78, 5) is 22.2. The molecule has 4 aromatic rings. The molecule has 1 aliphatic heterocycles. The minimum Gasteiger partial charge on any atom is -0.395 e. The van der Waals surface area contributed by atoms with Gasteiger partial charge in [0, 0.05) is 46.4 Å². The summed E-state index contributed by atoms with van der Waals surface area (Å²) < 4.78 is 26.2. The Bertz CT molecular complexity index is 1790. The number of likely N-dealkylation sites (tertiary alicyclic amines) is 1. The molecule has 3 N–H and O–H groups in total. The molecule has 0 unspecified atom stereocenters. The van der Waals surface area contributed by atoms with Gasteiger partial charge >= 0.3 is 0 Å². The van der Waals surface area contributed by atoms with Crippen LogP contribution in [0.3, 0.4) is 0 Å². The van der Waals surface area contributed by atoms with Crippen molar-refractivity contribution in [1.82, 2.24) is 20.5 Å². The number of aliphatic hydroxyl groups is 1. The van der Waals surface area contributed by atoms with Gasteiger partial charge in [-0.25, -0.2) is 13.4 Å². The maximum atomic E-state index is 14.6. The van der Waals surface area contributed by atoms with Crippen LogP contribution in [0.2, 0.25) is 0 Å². The maximum absolute atomic E-state index is 14.6. The predicted octanol–water partition coefficient (Wildman–Crippen LogP) is 5.03. The summed E-state index contributed by atoms with van der Waals surface area (Å²) >= 11 is 3.60. The van der Waals surface area contributed by atoms with E-state index in [9.17, 15) is 18.3 Å². The number of halogens is 1. The van der Waals surface area contributed by atoms with Crippen LogP contribution in [0.15, 0.2) is 82.2 Å². The van der Waals surface area contributed by atoms with Crippen molar-refractivity contribution in [2.45, 2.75) is 48.7 Å². The molecule has 0 spiro atoms. The number of aliphatic hydroxyl groups excluding tert-OH is 1. The Morgan fingerprint density at radius 2 is 1.80 bits per heavy atom. The van der Waals surface area contributed by atoms with Crippen LogP contribution in [0.25, 0.3) is 22.2 Å². The molecule has 1 saturated heterocycles. The van der Waals surface area contributed by atoms with E-state index in [1.54, 1.807) is 18.2 Å². The second-order valence-corrected chi connectivity index (χ2v) is 14.8. The number of rotatable bonds is 10. The Morgan fingerprint density at radius 3 is 2.45 bits per heavy atom. The Kier molecular flexibility index (Phi) is 8.90. The summed E-state index contributed by atoms with van der Waals surface area (Å²) in [6, 6.07) is 23.1. The summed E-state index contributed by atoms with van der Waals surface area (Å²) in [6.45, 7) is 2.80. The third kappa shape index (κ3) is 6.60. The van der Waals surface area contributed by atoms with Crippen LogP contribution in [-0.4, -0.2) is 67.9 Å². The molecule has 1 aromatic heterocycles. The first kappa shape index (κ1) is 30.9. The number of hydrogen-bond donors (Lipinski definition) is 3. The summed E-state index contributed by atoms with van der Waals surface area (Å²) in [6.07, 6.45) is 4.70. The highest BCUT2D eigenvalue weighted by Crippen LogP contribution is 2.46. The van der Waals surface area contributed by atoms with E-state index in [2.05, 4.69) is 31.5 Å². The minimum absolute atomic E-state index is 0.109. The molecular weight excluding hydrogens is 640 g/mol. The second kappa shape index (κ2) is 12.7. The van der Waals surface area contributed by atoms with E-state index in [1.807, 2.05) is 54.6 Å². The minimum atomic E-state index is -3.53. The van der Waals surface area contributed by atoms with Crippen molar-refractivity contribution in [3.8, 4) is 11.3 Å². The summed E-state index contributed by atoms with van der Waals surface area (Å²) in [7, 11) is -3.53. The lowest BCUT2D eigenvalue weighted by Crippen LogP contribution is -2.43. The Labute approximate surface area is 266 Å². The van der Waals surface area contributed by atoms with Crippen molar-refractivity contribution in [1.29, 1.82) is 0 Å². The van der Waals surface area contributed by atoms with Crippen LogP contribution in [0.4, 0.5) is 0 Å². The number of carbonyl (C=O) groups is 1. The number of carbonyl (C=O) groups excluding carboxylic acids is 1. The fraction of sp³-hybridized carbons (Fsp3) is 0.353. The van der Waals surface area contributed by atoms with E-state index in [4.69, 9.17) is 4.98 Å². The predicted molar refractivity (Wildman–Crippen MR) is 176 cm³/mol. The highest BCUT2D eigenvalue weighted by Gasteiger charge is 2.46. The molecule has 1 aliphatic carbocycles. The first-order valence-electron chi connectivity index (χ1n) is 15.0. The number of hydrogen-bond acceptors (Lipinski definition) is 7. The molecule has 0 bridgehead atoms. The van der Waals surface area contributed by atoms with Gasteiger partial charge in [0.05, 0.1) is 33.8 Å². The third-order valence-electron chi connectivity index (χ3n) is 8.75. The van der Waals surface area contributed by atoms with Gasteiger partial charge in [-0.05, 0) is 74.7 Å². The lowest BCUT2D eigenvalue weighted by Gasteiger charge is -2.33. The molecule has 1 saturated carbocycles. The molecule has 8 nitrogen and oxygen atoms in total. The zero-order valence-corrected chi connectivity index (χ0v) is 27.1. The number of nitrogens with one attached hydrogen (secondary N) is 2. The van der Waals surface area contributed by atoms with Gasteiger partial charge in [-0.15, -0.1) is 0 Å². The van der Waals surface area contributed by atoms with Gasteiger partial charge < -0.3 is 15.7 Å². The number of benzene rings is 3. The highest BCUT2D eigenvalue weighted by molar-refractivity contribution is 9.10. The summed E-state index contributed by atoms with van der Waals surface area (Å²) in [5.41, 5.74) is 4.02. The zero-order valence-electron chi connectivity index (χ0n) is 24.7. The lowest BCUT2D eigenvalue weighted by atomic mass is 9.94. The second-order valence-electron chi connectivity index (χ2n) is 11.9. The van der Waals surface area contributed by atoms with E-state index < -0.39 is 15.4 Å². The summed E-state index contributed by atoms with van der Waals surface area (Å²) in [5, 5.41) is 16.5. The smallest absolute Gasteiger partial charge is 0.253 e. The molecule has 6 rings (SSSR count). The van der Waals surface area contributed by atoms with E-state index in [0.717, 1.165) is 59.9 Å². The maximum Gasteiger partial charge on any atom is 0.253 e. The van der Waals surface area contributed by atoms with Gasteiger partial charge in [-0.2, -0.15) is 0 Å². The molecule has 2 aliphatic rings. The van der Waals surface area contributed by atoms with Crippen LogP contribution >= 0.6 is 15.9 Å². The van der Waals surface area contributed by atoms with Crippen molar-refractivity contribution >= 4 is 42.6 Å². The van der Waals surface area contributed by atoms with Crippen LogP contribution in [-0.2, 0) is 21.9 Å². The molecule has 0 atom stereocenters. The van der Waals surface area contributed by atoms with Gasteiger partial charge in [-0.3, -0.25) is 9.69 Å². The number of sulfone groups is 1. The van der Waals surface area contributed by atoms with Crippen LogP contribution < -0.4 is 10.6 Å². The molecule has 230 valence electrons.